The predicted molar refractivity (Wildman–Crippen MR) is 68.4 cm³/mol. The summed E-state index contributed by atoms with van der Waals surface area (Å²) in [5, 5.41) is 0. The predicted octanol–water partition coefficient (Wildman–Crippen LogP) is 2.57. The Morgan fingerprint density at radius 3 is 2.50 bits per heavy atom. The molecule has 0 amide bonds. The van der Waals surface area contributed by atoms with Crippen molar-refractivity contribution >= 4 is 23.5 Å². The lowest BCUT2D eigenvalue weighted by Gasteiger charge is -2.25. The van der Waals surface area contributed by atoms with E-state index in [-0.39, 0.29) is 0 Å². The second-order valence-corrected chi connectivity index (χ2v) is 6.66. The fourth-order valence-corrected chi connectivity index (χ4v) is 4.97. The molecular formula is C11H21NS2. The average Bonchev–Trinajstić information content (AvgIpc) is 2.53. The minimum Gasteiger partial charge on any atom is -0.298 e. The van der Waals surface area contributed by atoms with Gasteiger partial charge >= 0.3 is 0 Å². The Balaban J connectivity index is 1.82. The van der Waals surface area contributed by atoms with Gasteiger partial charge < -0.3 is 0 Å². The van der Waals surface area contributed by atoms with Crippen LogP contribution in [-0.2, 0) is 0 Å². The van der Waals surface area contributed by atoms with Gasteiger partial charge in [0.2, 0.25) is 0 Å². The SMILES string of the molecule is CC[C@@H]1CCN(C2CSCCSC2)C1. The first-order chi connectivity index (χ1) is 6.90. The highest BCUT2D eigenvalue weighted by Gasteiger charge is 2.27. The molecule has 0 unspecified atom stereocenters. The van der Waals surface area contributed by atoms with Gasteiger partial charge in [0.1, 0.15) is 0 Å². The lowest BCUT2D eigenvalue weighted by molar-refractivity contribution is 0.272. The lowest BCUT2D eigenvalue weighted by atomic mass is 10.1. The quantitative estimate of drug-likeness (QED) is 0.719. The van der Waals surface area contributed by atoms with E-state index < -0.39 is 0 Å². The van der Waals surface area contributed by atoms with Crippen molar-refractivity contribution in [1.29, 1.82) is 0 Å². The lowest BCUT2D eigenvalue weighted by Crippen LogP contribution is -2.36. The maximum atomic E-state index is 2.75. The normalized spacial score (nSPS) is 31.9. The molecule has 0 radical (unpaired) electrons. The maximum Gasteiger partial charge on any atom is 0.0277 e. The van der Waals surface area contributed by atoms with E-state index in [1.165, 1.54) is 48.9 Å². The van der Waals surface area contributed by atoms with Crippen LogP contribution in [0.4, 0.5) is 0 Å². The zero-order valence-electron chi connectivity index (χ0n) is 9.08. The zero-order valence-corrected chi connectivity index (χ0v) is 10.7. The fourth-order valence-electron chi connectivity index (χ4n) is 2.34. The van der Waals surface area contributed by atoms with Crippen molar-refractivity contribution in [3.63, 3.8) is 0 Å². The molecule has 2 heterocycles. The first-order valence-electron chi connectivity index (χ1n) is 5.79. The molecule has 82 valence electrons. The van der Waals surface area contributed by atoms with Crippen molar-refractivity contribution in [2.75, 3.05) is 36.1 Å². The molecule has 0 aromatic rings. The Labute approximate surface area is 96.4 Å². The van der Waals surface area contributed by atoms with E-state index in [4.69, 9.17) is 0 Å². The minimum atomic E-state index is 0.879. The molecule has 1 nitrogen and oxygen atoms in total. The van der Waals surface area contributed by atoms with Crippen LogP contribution in [0.3, 0.4) is 0 Å². The molecule has 2 aliphatic rings. The van der Waals surface area contributed by atoms with Crippen LogP contribution in [0.5, 0.6) is 0 Å². The Morgan fingerprint density at radius 2 is 1.93 bits per heavy atom. The second-order valence-electron chi connectivity index (χ2n) is 4.36. The smallest absolute Gasteiger partial charge is 0.0277 e. The van der Waals surface area contributed by atoms with Crippen molar-refractivity contribution in [3.8, 4) is 0 Å². The summed E-state index contributed by atoms with van der Waals surface area (Å²) in [6.45, 7) is 5.08. The summed E-state index contributed by atoms with van der Waals surface area (Å²) in [6, 6.07) is 0.879. The maximum absolute atomic E-state index is 2.75. The second kappa shape index (κ2) is 5.66. The number of nitrogens with zero attached hydrogens (tertiary/aromatic N) is 1. The Hall–Kier alpha value is 0.660. The van der Waals surface area contributed by atoms with Gasteiger partial charge in [0.15, 0.2) is 0 Å². The third kappa shape index (κ3) is 2.83. The van der Waals surface area contributed by atoms with Crippen molar-refractivity contribution in [2.45, 2.75) is 25.8 Å². The molecule has 0 bridgehead atoms. The van der Waals surface area contributed by atoms with Crippen molar-refractivity contribution in [3.05, 3.63) is 0 Å². The molecule has 2 aliphatic heterocycles. The van der Waals surface area contributed by atoms with E-state index in [2.05, 4.69) is 35.3 Å². The van der Waals surface area contributed by atoms with Gasteiger partial charge in [-0.1, -0.05) is 13.3 Å². The highest BCUT2D eigenvalue weighted by molar-refractivity contribution is 8.03. The van der Waals surface area contributed by atoms with E-state index >= 15 is 0 Å². The molecule has 0 saturated carbocycles. The van der Waals surface area contributed by atoms with E-state index in [0.717, 1.165) is 12.0 Å². The zero-order chi connectivity index (χ0) is 9.80. The van der Waals surface area contributed by atoms with Crippen molar-refractivity contribution in [2.24, 2.45) is 5.92 Å². The van der Waals surface area contributed by atoms with E-state index in [1.54, 1.807) is 0 Å². The molecule has 0 aliphatic carbocycles. The Bertz CT molecular complexity index is 167. The summed E-state index contributed by atoms with van der Waals surface area (Å²) in [5.41, 5.74) is 0. The molecule has 0 N–H and O–H groups in total. The number of thioether (sulfide) groups is 2. The van der Waals surface area contributed by atoms with Crippen LogP contribution in [-0.4, -0.2) is 47.0 Å². The molecule has 3 heteroatoms. The van der Waals surface area contributed by atoms with Crippen LogP contribution < -0.4 is 0 Å². The largest absolute Gasteiger partial charge is 0.298 e. The topological polar surface area (TPSA) is 3.24 Å². The van der Waals surface area contributed by atoms with Crippen LogP contribution >= 0.6 is 23.5 Å². The monoisotopic (exact) mass is 231 g/mol. The van der Waals surface area contributed by atoms with Gasteiger partial charge in [-0.15, -0.1) is 0 Å². The molecular weight excluding hydrogens is 210 g/mol. The molecule has 2 saturated heterocycles. The van der Waals surface area contributed by atoms with E-state index in [9.17, 15) is 0 Å². The van der Waals surface area contributed by atoms with Crippen LogP contribution in [0.2, 0.25) is 0 Å². The first-order valence-corrected chi connectivity index (χ1v) is 8.10. The van der Waals surface area contributed by atoms with Gasteiger partial charge in [-0.3, -0.25) is 4.90 Å². The third-order valence-corrected chi connectivity index (χ3v) is 5.89. The highest BCUT2D eigenvalue weighted by Crippen LogP contribution is 2.26. The van der Waals surface area contributed by atoms with Crippen LogP contribution in [0.1, 0.15) is 19.8 Å². The van der Waals surface area contributed by atoms with Crippen molar-refractivity contribution < 1.29 is 0 Å². The third-order valence-electron chi connectivity index (χ3n) is 3.40. The molecule has 0 spiro atoms. The summed E-state index contributed by atoms with van der Waals surface area (Å²) in [5.74, 6) is 6.49. The minimum absolute atomic E-state index is 0.879. The van der Waals surface area contributed by atoms with Crippen LogP contribution in [0.15, 0.2) is 0 Å². The average molecular weight is 231 g/mol. The molecule has 14 heavy (non-hydrogen) atoms. The van der Waals surface area contributed by atoms with Gasteiger partial charge in [0, 0.05) is 35.6 Å². The Morgan fingerprint density at radius 1 is 1.21 bits per heavy atom. The summed E-state index contributed by atoms with van der Waals surface area (Å²) < 4.78 is 0. The standard InChI is InChI=1S/C11H21NS2/c1-2-10-3-4-12(7-10)11-8-13-5-6-14-9-11/h10-11H,2-9H2,1H3/t10-/m1/s1. The molecule has 2 rings (SSSR count). The number of likely N-dealkylation sites (tertiary alicyclic amines) is 1. The van der Waals surface area contributed by atoms with Gasteiger partial charge in [-0.05, 0) is 18.9 Å². The number of rotatable bonds is 2. The van der Waals surface area contributed by atoms with Gasteiger partial charge in [0.25, 0.3) is 0 Å². The number of hydrogen-bond acceptors (Lipinski definition) is 3. The van der Waals surface area contributed by atoms with Gasteiger partial charge in [-0.2, -0.15) is 23.5 Å². The Kier molecular flexibility index (Phi) is 4.51. The van der Waals surface area contributed by atoms with E-state index in [0.29, 0.717) is 0 Å². The van der Waals surface area contributed by atoms with Gasteiger partial charge in [-0.25, -0.2) is 0 Å². The number of hydrogen-bond donors (Lipinski definition) is 0. The van der Waals surface area contributed by atoms with Crippen molar-refractivity contribution in [1.82, 2.24) is 4.90 Å². The summed E-state index contributed by atoms with van der Waals surface area (Å²) in [7, 11) is 0. The molecule has 0 aromatic carbocycles. The molecule has 1 atom stereocenters. The summed E-state index contributed by atoms with van der Waals surface area (Å²) in [4.78, 5) is 2.75. The molecule has 2 fully saturated rings. The molecule has 0 aromatic heterocycles. The van der Waals surface area contributed by atoms with E-state index in [1.807, 2.05) is 0 Å². The first kappa shape index (κ1) is 11.2. The van der Waals surface area contributed by atoms with Gasteiger partial charge in [0.05, 0.1) is 0 Å². The summed E-state index contributed by atoms with van der Waals surface area (Å²) >= 11 is 4.31. The highest BCUT2D eigenvalue weighted by atomic mass is 32.2. The fraction of sp³-hybridized carbons (Fsp3) is 1.00. The van der Waals surface area contributed by atoms with Crippen LogP contribution in [0.25, 0.3) is 0 Å². The van der Waals surface area contributed by atoms with Crippen LogP contribution in [0, 0.1) is 5.92 Å². The summed E-state index contributed by atoms with van der Waals surface area (Å²) in [6.07, 6.45) is 2.83.